The van der Waals surface area contributed by atoms with Crippen LogP contribution in [0.5, 0.6) is 0 Å². The zero-order valence-corrected chi connectivity index (χ0v) is 10.7. The van der Waals surface area contributed by atoms with E-state index >= 15 is 0 Å². The highest BCUT2D eigenvalue weighted by Gasteiger charge is 2.15. The smallest absolute Gasteiger partial charge is 0.0270 e. The van der Waals surface area contributed by atoms with Gasteiger partial charge in [0.15, 0.2) is 0 Å². The summed E-state index contributed by atoms with van der Waals surface area (Å²) in [4.78, 5) is 6.45. The molecule has 0 radical (unpaired) electrons. The van der Waals surface area contributed by atoms with E-state index in [1.54, 1.807) is 0 Å². The van der Waals surface area contributed by atoms with E-state index in [0.29, 0.717) is 0 Å². The quantitative estimate of drug-likeness (QED) is 0.782. The summed E-state index contributed by atoms with van der Waals surface area (Å²) in [5, 5.41) is 3.58. The van der Waals surface area contributed by atoms with Crippen LogP contribution in [-0.2, 0) is 6.42 Å². The van der Waals surface area contributed by atoms with Gasteiger partial charge < -0.3 is 10.2 Å². The molecule has 3 heteroatoms. The van der Waals surface area contributed by atoms with Crippen molar-refractivity contribution in [2.75, 3.05) is 33.2 Å². The highest BCUT2D eigenvalue weighted by molar-refractivity contribution is 5.09. The maximum atomic E-state index is 4.03. The van der Waals surface area contributed by atoms with E-state index in [-0.39, 0.29) is 0 Å². The molecule has 0 aliphatic carbocycles. The molecule has 2 rings (SSSR count). The summed E-state index contributed by atoms with van der Waals surface area (Å²) in [6.07, 6.45) is 7.53. The van der Waals surface area contributed by atoms with Crippen molar-refractivity contribution >= 4 is 0 Å². The topological polar surface area (TPSA) is 28.2 Å². The lowest BCUT2D eigenvalue weighted by Gasteiger charge is -2.29. The zero-order valence-electron chi connectivity index (χ0n) is 10.7. The molecule has 1 saturated heterocycles. The first-order valence-corrected chi connectivity index (χ1v) is 6.63. The van der Waals surface area contributed by atoms with E-state index < -0.39 is 0 Å². The van der Waals surface area contributed by atoms with Gasteiger partial charge in [-0.2, -0.15) is 0 Å². The average molecular weight is 233 g/mol. The van der Waals surface area contributed by atoms with Crippen LogP contribution in [0.3, 0.4) is 0 Å². The zero-order chi connectivity index (χ0) is 11.9. The monoisotopic (exact) mass is 233 g/mol. The van der Waals surface area contributed by atoms with E-state index in [4.69, 9.17) is 0 Å². The van der Waals surface area contributed by atoms with Gasteiger partial charge >= 0.3 is 0 Å². The van der Waals surface area contributed by atoms with Crippen LogP contribution in [0, 0.1) is 5.92 Å². The van der Waals surface area contributed by atoms with E-state index in [9.17, 15) is 0 Å². The van der Waals surface area contributed by atoms with E-state index in [0.717, 1.165) is 18.9 Å². The molecular weight excluding hydrogens is 210 g/mol. The van der Waals surface area contributed by atoms with Crippen LogP contribution in [0.4, 0.5) is 0 Å². The molecule has 1 aromatic heterocycles. The second-order valence-corrected chi connectivity index (χ2v) is 5.06. The van der Waals surface area contributed by atoms with Crippen molar-refractivity contribution in [3.05, 3.63) is 30.1 Å². The van der Waals surface area contributed by atoms with Crippen LogP contribution in [0.25, 0.3) is 0 Å². The van der Waals surface area contributed by atoms with Crippen molar-refractivity contribution in [2.24, 2.45) is 5.92 Å². The number of pyridine rings is 1. The molecule has 0 aromatic carbocycles. The molecule has 0 bridgehead atoms. The van der Waals surface area contributed by atoms with Gasteiger partial charge in [-0.05, 0) is 76.1 Å². The Hall–Kier alpha value is -0.930. The maximum absolute atomic E-state index is 4.03. The molecule has 1 fully saturated rings. The van der Waals surface area contributed by atoms with E-state index in [1.165, 1.54) is 38.0 Å². The lowest BCUT2D eigenvalue weighted by atomic mass is 9.97. The summed E-state index contributed by atoms with van der Waals surface area (Å²) in [6, 6.07) is 4.19. The summed E-state index contributed by atoms with van der Waals surface area (Å²) in [5.41, 5.74) is 1.37. The lowest BCUT2D eigenvalue weighted by Crippen LogP contribution is -2.35. The highest BCUT2D eigenvalue weighted by atomic mass is 15.1. The fourth-order valence-corrected chi connectivity index (χ4v) is 2.35. The summed E-state index contributed by atoms with van der Waals surface area (Å²) in [7, 11) is 2.22. The molecule has 0 atom stereocenters. The number of nitrogens with one attached hydrogen (secondary N) is 1. The molecule has 2 heterocycles. The Labute approximate surface area is 104 Å². The fraction of sp³-hybridized carbons (Fsp3) is 0.643. The first-order valence-electron chi connectivity index (χ1n) is 6.63. The van der Waals surface area contributed by atoms with Crippen molar-refractivity contribution in [2.45, 2.75) is 19.3 Å². The standard InChI is InChI=1S/C14H23N3/c1-17-10-5-14(6-11-17)12-16-9-4-13-2-7-15-8-3-13/h2-3,7-8,14,16H,4-6,9-12H2,1H3. The number of nitrogens with zero attached hydrogens (tertiary/aromatic N) is 2. The van der Waals surface area contributed by atoms with Crippen LogP contribution in [0.2, 0.25) is 0 Å². The summed E-state index contributed by atoms with van der Waals surface area (Å²) in [6.45, 7) is 4.78. The van der Waals surface area contributed by atoms with Crippen molar-refractivity contribution in [1.82, 2.24) is 15.2 Å². The average Bonchev–Trinajstić information content (AvgIpc) is 2.38. The molecule has 1 N–H and O–H groups in total. The van der Waals surface area contributed by atoms with Gasteiger partial charge in [-0.15, -0.1) is 0 Å². The molecule has 17 heavy (non-hydrogen) atoms. The molecule has 0 unspecified atom stereocenters. The molecule has 0 spiro atoms. The third kappa shape index (κ3) is 4.44. The molecule has 1 aliphatic heterocycles. The molecule has 0 amide bonds. The number of hydrogen-bond donors (Lipinski definition) is 1. The molecule has 0 saturated carbocycles. The van der Waals surface area contributed by atoms with Crippen molar-refractivity contribution < 1.29 is 0 Å². The lowest BCUT2D eigenvalue weighted by molar-refractivity contribution is 0.216. The maximum Gasteiger partial charge on any atom is 0.0270 e. The number of likely N-dealkylation sites (tertiary alicyclic amines) is 1. The summed E-state index contributed by atoms with van der Waals surface area (Å²) in [5.74, 6) is 0.878. The van der Waals surface area contributed by atoms with Gasteiger partial charge in [0.05, 0.1) is 0 Å². The molecular formula is C14H23N3. The predicted octanol–water partition coefficient (Wildman–Crippen LogP) is 1.56. The van der Waals surface area contributed by atoms with Gasteiger partial charge in [0, 0.05) is 12.4 Å². The van der Waals surface area contributed by atoms with Gasteiger partial charge in [0.25, 0.3) is 0 Å². The minimum absolute atomic E-state index is 0.878. The number of rotatable bonds is 5. The van der Waals surface area contributed by atoms with E-state index in [2.05, 4.69) is 34.4 Å². The predicted molar refractivity (Wildman–Crippen MR) is 71.0 cm³/mol. The van der Waals surface area contributed by atoms with Gasteiger partial charge in [0.1, 0.15) is 0 Å². The first kappa shape index (κ1) is 12.5. The number of aromatic nitrogens is 1. The molecule has 1 aliphatic rings. The fourth-order valence-electron chi connectivity index (χ4n) is 2.35. The molecule has 1 aromatic rings. The highest BCUT2D eigenvalue weighted by Crippen LogP contribution is 2.14. The number of piperidine rings is 1. The largest absolute Gasteiger partial charge is 0.316 e. The van der Waals surface area contributed by atoms with Crippen molar-refractivity contribution in [3.8, 4) is 0 Å². The number of hydrogen-bond acceptors (Lipinski definition) is 3. The Morgan fingerprint density at radius 3 is 2.71 bits per heavy atom. The van der Waals surface area contributed by atoms with Crippen molar-refractivity contribution in [1.29, 1.82) is 0 Å². The minimum Gasteiger partial charge on any atom is -0.316 e. The summed E-state index contributed by atoms with van der Waals surface area (Å²) < 4.78 is 0. The Bertz CT molecular complexity index is 305. The van der Waals surface area contributed by atoms with Gasteiger partial charge in [-0.25, -0.2) is 0 Å². The Morgan fingerprint density at radius 2 is 2.00 bits per heavy atom. The van der Waals surface area contributed by atoms with Crippen LogP contribution in [-0.4, -0.2) is 43.1 Å². The Morgan fingerprint density at radius 1 is 1.29 bits per heavy atom. The minimum atomic E-state index is 0.878. The molecule has 3 nitrogen and oxygen atoms in total. The Kier molecular flexibility index (Phi) is 4.95. The normalized spacial score (nSPS) is 18.4. The Balaban J connectivity index is 1.57. The van der Waals surface area contributed by atoms with Crippen molar-refractivity contribution in [3.63, 3.8) is 0 Å². The molecule has 94 valence electrons. The second-order valence-electron chi connectivity index (χ2n) is 5.06. The third-order valence-electron chi connectivity index (χ3n) is 3.61. The first-order chi connectivity index (χ1) is 8.34. The van der Waals surface area contributed by atoms with Crippen LogP contribution < -0.4 is 5.32 Å². The second kappa shape index (κ2) is 6.72. The van der Waals surface area contributed by atoms with Crippen LogP contribution in [0.1, 0.15) is 18.4 Å². The van der Waals surface area contributed by atoms with Crippen LogP contribution >= 0.6 is 0 Å². The van der Waals surface area contributed by atoms with Crippen LogP contribution in [0.15, 0.2) is 24.5 Å². The van der Waals surface area contributed by atoms with Gasteiger partial charge in [-0.1, -0.05) is 0 Å². The van der Waals surface area contributed by atoms with Gasteiger partial charge in [0.2, 0.25) is 0 Å². The SMILES string of the molecule is CN1CCC(CNCCc2ccncc2)CC1. The van der Waals surface area contributed by atoms with E-state index in [1.807, 2.05) is 12.4 Å². The summed E-state index contributed by atoms with van der Waals surface area (Å²) >= 11 is 0. The van der Waals surface area contributed by atoms with Gasteiger partial charge in [-0.3, -0.25) is 4.98 Å². The third-order valence-corrected chi connectivity index (χ3v) is 3.61.